The molecule has 1 atom stereocenters. The molecule has 6 heteroatoms. The number of ether oxygens (including phenoxy) is 1. The highest BCUT2D eigenvalue weighted by molar-refractivity contribution is 5.68. The molecule has 1 aromatic heterocycles. The van der Waals surface area contributed by atoms with E-state index in [1.165, 1.54) is 5.69 Å². The summed E-state index contributed by atoms with van der Waals surface area (Å²) in [5.74, 6) is 0.977. The maximum atomic E-state index is 9.53. The number of piperazine rings is 1. The number of nitriles is 1. The van der Waals surface area contributed by atoms with Gasteiger partial charge in [-0.1, -0.05) is 18.2 Å². The monoisotopic (exact) mass is 351 g/mol. The van der Waals surface area contributed by atoms with Gasteiger partial charge in [-0.2, -0.15) is 5.26 Å². The van der Waals surface area contributed by atoms with Crippen LogP contribution in [-0.2, 0) is 11.3 Å². The number of hydrogen-bond acceptors (Lipinski definition) is 5. The van der Waals surface area contributed by atoms with Crippen molar-refractivity contribution in [3.05, 3.63) is 42.1 Å². The zero-order chi connectivity index (χ0) is 17.9. The first-order valence-electron chi connectivity index (χ1n) is 9.32. The Morgan fingerprint density at radius 1 is 1.12 bits per heavy atom. The van der Waals surface area contributed by atoms with Gasteiger partial charge in [0, 0.05) is 38.5 Å². The molecule has 0 aliphatic carbocycles. The fourth-order valence-corrected chi connectivity index (χ4v) is 4.00. The molecule has 4 rings (SSSR count). The summed E-state index contributed by atoms with van der Waals surface area (Å²) in [5.41, 5.74) is 8.87. The van der Waals surface area contributed by atoms with E-state index in [4.69, 9.17) is 10.5 Å². The fraction of sp³-hybridized carbons (Fsp3) is 0.450. The minimum atomic E-state index is 0.179. The lowest BCUT2D eigenvalue weighted by atomic mass is 10.2. The van der Waals surface area contributed by atoms with Gasteiger partial charge in [-0.15, -0.1) is 0 Å². The summed E-state index contributed by atoms with van der Waals surface area (Å²) in [4.78, 5) is 4.70. The zero-order valence-corrected chi connectivity index (χ0v) is 15.0. The van der Waals surface area contributed by atoms with Crippen LogP contribution in [0.4, 0.5) is 17.2 Å². The molecule has 0 saturated carbocycles. The van der Waals surface area contributed by atoms with E-state index in [9.17, 15) is 5.26 Å². The lowest BCUT2D eigenvalue weighted by Gasteiger charge is -2.38. The molecule has 6 nitrogen and oxygen atoms in total. The van der Waals surface area contributed by atoms with E-state index in [1.54, 1.807) is 6.07 Å². The van der Waals surface area contributed by atoms with Crippen LogP contribution in [-0.4, -0.2) is 43.5 Å². The van der Waals surface area contributed by atoms with Crippen molar-refractivity contribution in [3.8, 4) is 6.07 Å². The molecule has 0 radical (unpaired) electrons. The van der Waals surface area contributed by atoms with Gasteiger partial charge in [0.25, 0.3) is 0 Å². The quantitative estimate of drug-likeness (QED) is 0.916. The van der Waals surface area contributed by atoms with Gasteiger partial charge in [0.1, 0.15) is 17.6 Å². The number of nitrogens with zero attached hydrogens (tertiary/aromatic N) is 4. The van der Waals surface area contributed by atoms with Crippen LogP contribution < -0.4 is 15.5 Å². The Balaban J connectivity index is 1.52. The van der Waals surface area contributed by atoms with Crippen LogP contribution >= 0.6 is 0 Å². The van der Waals surface area contributed by atoms with Crippen LogP contribution in [0.5, 0.6) is 0 Å². The average molecular weight is 351 g/mol. The molecule has 0 unspecified atom stereocenters. The molecule has 26 heavy (non-hydrogen) atoms. The van der Waals surface area contributed by atoms with E-state index in [1.807, 2.05) is 6.07 Å². The lowest BCUT2D eigenvalue weighted by molar-refractivity contribution is 0.0971. The predicted molar refractivity (Wildman–Crippen MR) is 103 cm³/mol. The van der Waals surface area contributed by atoms with Crippen molar-refractivity contribution >= 4 is 17.2 Å². The fourth-order valence-electron chi connectivity index (χ4n) is 4.00. The molecule has 2 aliphatic heterocycles. The molecule has 2 fully saturated rings. The van der Waals surface area contributed by atoms with Crippen molar-refractivity contribution in [2.75, 3.05) is 48.3 Å². The minimum absolute atomic E-state index is 0.179. The molecule has 2 N–H and O–H groups in total. The third-order valence-corrected chi connectivity index (χ3v) is 5.32. The first-order chi connectivity index (χ1) is 12.8. The number of benzene rings is 1. The highest BCUT2D eigenvalue weighted by Gasteiger charge is 2.26. The Morgan fingerprint density at radius 3 is 2.50 bits per heavy atom. The van der Waals surface area contributed by atoms with Crippen LogP contribution in [0.25, 0.3) is 0 Å². The Hall–Kier alpha value is -2.65. The van der Waals surface area contributed by atoms with Crippen molar-refractivity contribution in [2.45, 2.75) is 25.5 Å². The SMILES string of the molecule is N#Cc1cc(N)c(N2CCN(c3ccccc3)CC2)n1C[C@@H]1CCCO1. The molecular formula is C20H25N5O. The third-order valence-electron chi connectivity index (χ3n) is 5.32. The molecule has 2 aromatic rings. The van der Waals surface area contributed by atoms with Gasteiger partial charge in [-0.3, -0.25) is 0 Å². The molecule has 0 spiro atoms. The lowest BCUT2D eigenvalue weighted by Crippen LogP contribution is -2.47. The zero-order valence-electron chi connectivity index (χ0n) is 15.0. The first kappa shape index (κ1) is 16.8. The normalized spacial score (nSPS) is 20.3. The third kappa shape index (κ3) is 3.23. The summed E-state index contributed by atoms with van der Waals surface area (Å²) >= 11 is 0. The second-order valence-corrected chi connectivity index (χ2v) is 6.98. The number of para-hydroxylation sites is 1. The van der Waals surface area contributed by atoms with Crippen LogP contribution in [0.1, 0.15) is 18.5 Å². The molecule has 1 aromatic carbocycles. The van der Waals surface area contributed by atoms with Crippen LogP contribution in [0.2, 0.25) is 0 Å². The van der Waals surface area contributed by atoms with E-state index in [0.717, 1.165) is 51.4 Å². The van der Waals surface area contributed by atoms with Gasteiger partial charge >= 0.3 is 0 Å². The number of nitrogens with two attached hydrogens (primary N) is 1. The number of hydrogen-bond donors (Lipinski definition) is 1. The number of nitrogen functional groups attached to an aromatic ring is 1. The minimum Gasteiger partial charge on any atom is -0.396 e. The van der Waals surface area contributed by atoms with Crippen molar-refractivity contribution in [1.82, 2.24) is 4.57 Å². The maximum absolute atomic E-state index is 9.53. The Kier molecular flexibility index (Phi) is 4.72. The van der Waals surface area contributed by atoms with E-state index in [0.29, 0.717) is 17.9 Å². The van der Waals surface area contributed by atoms with E-state index in [-0.39, 0.29) is 6.10 Å². The van der Waals surface area contributed by atoms with Crippen molar-refractivity contribution < 1.29 is 4.74 Å². The molecule has 136 valence electrons. The topological polar surface area (TPSA) is 70.5 Å². The van der Waals surface area contributed by atoms with Gasteiger partial charge < -0.3 is 24.8 Å². The highest BCUT2D eigenvalue weighted by Crippen LogP contribution is 2.31. The van der Waals surface area contributed by atoms with Gasteiger partial charge in [-0.25, -0.2) is 0 Å². The van der Waals surface area contributed by atoms with Crippen LogP contribution in [0.15, 0.2) is 36.4 Å². The first-order valence-corrected chi connectivity index (χ1v) is 9.32. The Bertz CT molecular complexity index is 781. The summed E-state index contributed by atoms with van der Waals surface area (Å²) in [6.07, 6.45) is 2.32. The van der Waals surface area contributed by atoms with Crippen LogP contribution in [0.3, 0.4) is 0 Å². The smallest absolute Gasteiger partial charge is 0.133 e. The van der Waals surface area contributed by atoms with E-state index in [2.05, 4.69) is 44.7 Å². The predicted octanol–water partition coefficient (Wildman–Crippen LogP) is 2.45. The number of rotatable bonds is 4. The highest BCUT2D eigenvalue weighted by atomic mass is 16.5. The molecule has 0 amide bonds. The Morgan fingerprint density at radius 2 is 1.85 bits per heavy atom. The molecular weight excluding hydrogens is 326 g/mol. The van der Waals surface area contributed by atoms with Crippen molar-refractivity contribution in [1.29, 1.82) is 5.26 Å². The van der Waals surface area contributed by atoms with Crippen molar-refractivity contribution in [2.24, 2.45) is 0 Å². The largest absolute Gasteiger partial charge is 0.396 e. The maximum Gasteiger partial charge on any atom is 0.133 e. The summed E-state index contributed by atoms with van der Waals surface area (Å²) in [5, 5.41) is 9.53. The molecule has 2 saturated heterocycles. The summed E-state index contributed by atoms with van der Waals surface area (Å²) in [6, 6.07) is 14.6. The average Bonchev–Trinajstić information content (AvgIpc) is 3.30. The molecule has 0 bridgehead atoms. The van der Waals surface area contributed by atoms with Gasteiger partial charge in [0.05, 0.1) is 18.3 Å². The van der Waals surface area contributed by atoms with Gasteiger partial charge in [0.15, 0.2) is 0 Å². The molecule has 2 aliphatic rings. The van der Waals surface area contributed by atoms with Gasteiger partial charge in [-0.05, 0) is 31.0 Å². The van der Waals surface area contributed by atoms with E-state index < -0.39 is 0 Å². The molecule has 3 heterocycles. The second kappa shape index (κ2) is 7.30. The Labute approximate surface area is 154 Å². The van der Waals surface area contributed by atoms with Crippen LogP contribution in [0, 0.1) is 11.3 Å². The van der Waals surface area contributed by atoms with E-state index >= 15 is 0 Å². The van der Waals surface area contributed by atoms with Crippen molar-refractivity contribution in [3.63, 3.8) is 0 Å². The number of anilines is 3. The summed E-state index contributed by atoms with van der Waals surface area (Å²) < 4.78 is 7.84. The summed E-state index contributed by atoms with van der Waals surface area (Å²) in [6.45, 7) is 5.18. The number of aromatic nitrogens is 1. The second-order valence-electron chi connectivity index (χ2n) is 6.98. The summed E-state index contributed by atoms with van der Waals surface area (Å²) in [7, 11) is 0. The standard InChI is InChI=1S/C20H25N5O/c21-14-17-13-19(22)20(25(17)15-18-7-4-12-26-18)24-10-8-23(9-11-24)16-5-2-1-3-6-16/h1-3,5-6,13,18H,4,7-12,15,22H2/t18-/m0/s1. The van der Waals surface area contributed by atoms with Gasteiger partial charge in [0.2, 0.25) is 0 Å².